The smallest absolute Gasteiger partial charge is 0.342 e. The van der Waals surface area contributed by atoms with Gasteiger partial charge in [-0.25, -0.2) is 4.79 Å². The molecule has 23 heavy (non-hydrogen) atoms. The van der Waals surface area contributed by atoms with Gasteiger partial charge in [0, 0.05) is 18.7 Å². The molecule has 1 amide bonds. The molecule has 2 rings (SSSR count). The average Bonchev–Trinajstić information content (AvgIpc) is 2.89. The predicted molar refractivity (Wildman–Crippen MR) is 84.6 cm³/mol. The Morgan fingerprint density at radius 2 is 2.13 bits per heavy atom. The van der Waals surface area contributed by atoms with Gasteiger partial charge in [-0.2, -0.15) is 4.68 Å². The molecule has 1 heterocycles. The molecule has 0 fully saturated rings. The van der Waals surface area contributed by atoms with Crippen molar-refractivity contribution in [2.24, 2.45) is 5.18 Å². The molecule has 0 atom stereocenters. The first-order chi connectivity index (χ1) is 11.1. The Labute approximate surface area is 133 Å². The lowest BCUT2D eigenvalue weighted by Crippen LogP contribution is -2.29. The summed E-state index contributed by atoms with van der Waals surface area (Å²) in [5, 5.41) is 9.65. The first-order valence-electron chi connectivity index (χ1n) is 7.22. The molecule has 8 heteroatoms. The number of nitrogens with one attached hydrogen (secondary N) is 1. The highest BCUT2D eigenvalue weighted by Gasteiger charge is 2.13. The van der Waals surface area contributed by atoms with Crippen LogP contribution in [0.2, 0.25) is 0 Å². The zero-order chi connectivity index (χ0) is 16.8. The van der Waals surface area contributed by atoms with E-state index in [2.05, 4.69) is 15.6 Å². The van der Waals surface area contributed by atoms with E-state index in [0.717, 1.165) is 0 Å². The molecule has 0 aliphatic heterocycles. The maximum atomic E-state index is 11.8. The molecular weight excluding hydrogens is 300 g/mol. The molecule has 0 radical (unpaired) electrons. The molecular formula is C15H18N4O4. The van der Waals surface area contributed by atoms with Gasteiger partial charge in [-0.05, 0) is 38.1 Å². The van der Waals surface area contributed by atoms with E-state index < -0.39 is 0 Å². The topological polar surface area (TPSA) is 94.8 Å². The molecule has 0 bridgehead atoms. The Kier molecular flexibility index (Phi) is 5.29. The van der Waals surface area contributed by atoms with E-state index >= 15 is 0 Å². The first-order valence-corrected chi connectivity index (χ1v) is 7.22. The van der Waals surface area contributed by atoms with E-state index in [0.29, 0.717) is 30.3 Å². The Hall–Kier alpha value is -2.90. The van der Waals surface area contributed by atoms with Gasteiger partial charge >= 0.3 is 6.03 Å². The number of aromatic nitrogens is 2. The normalized spacial score (nSPS) is 10.2. The van der Waals surface area contributed by atoms with Crippen LogP contribution in [-0.4, -0.2) is 29.0 Å². The molecule has 0 saturated heterocycles. The van der Waals surface area contributed by atoms with Crippen LogP contribution in [0.15, 0.2) is 29.4 Å². The number of nitrogens with zero attached hydrogens (tertiary/aromatic N) is 3. The number of amides is 1. The van der Waals surface area contributed by atoms with Gasteiger partial charge in [0.05, 0.1) is 12.3 Å². The van der Waals surface area contributed by atoms with Crippen LogP contribution in [0, 0.1) is 11.8 Å². The van der Waals surface area contributed by atoms with Gasteiger partial charge in [-0.3, -0.25) is 0 Å². The Bertz CT molecular complexity index is 711. The van der Waals surface area contributed by atoms with E-state index in [4.69, 9.17) is 9.47 Å². The van der Waals surface area contributed by atoms with Gasteiger partial charge in [0.1, 0.15) is 11.4 Å². The number of hydrogen-bond acceptors (Lipinski definition) is 6. The average molecular weight is 318 g/mol. The van der Waals surface area contributed by atoms with Crippen molar-refractivity contribution in [3.8, 4) is 17.4 Å². The third-order valence-corrected chi connectivity index (χ3v) is 2.94. The second-order valence-corrected chi connectivity index (χ2v) is 4.63. The summed E-state index contributed by atoms with van der Waals surface area (Å²) in [6.45, 7) is 6.29. The molecule has 1 aromatic carbocycles. The zero-order valence-electron chi connectivity index (χ0n) is 13.2. The summed E-state index contributed by atoms with van der Waals surface area (Å²) >= 11 is 0. The van der Waals surface area contributed by atoms with Crippen LogP contribution < -0.4 is 14.8 Å². The lowest BCUT2D eigenvalue weighted by Gasteiger charge is -2.07. The second kappa shape index (κ2) is 7.39. The third kappa shape index (κ3) is 3.85. The number of rotatable bonds is 6. The predicted octanol–water partition coefficient (Wildman–Crippen LogP) is 3.36. The molecule has 0 aliphatic rings. The van der Waals surface area contributed by atoms with Crippen molar-refractivity contribution < 1.29 is 14.3 Å². The van der Waals surface area contributed by atoms with Crippen molar-refractivity contribution in [2.75, 3.05) is 13.2 Å². The fourth-order valence-corrected chi connectivity index (χ4v) is 1.95. The number of carbonyl (C=O) groups is 1. The fourth-order valence-electron chi connectivity index (χ4n) is 1.95. The monoisotopic (exact) mass is 318 g/mol. The lowest BCUT2D eigenvalue weighted by atomic mass is 10.3. The Balaban J connectivity index is 2.22. The van der Waals surface area contributed by atoms with Crippen LogP contribution in [0.25, 0.3) is 0 Å². The van der Waals surface area contributed by atoms with E-state index in [1.165, 1.54) is 10.7 Å². The van der Waals surface area contributed by atoms with Crippen molar-refractivity contribution in [1.29, 1.82) is 0 Å². The van der Waals surface area contributed by atoms with Crippen LogP contribution in [-0.2, 0) is 0 Å². The van der Waals surface area contributed by atoms with Gasteiger partial charge < -0.3 is 14.8 Å². The molecule has 0 spiro atoms. The van der Waals surface area contributed by atoms with Crippen molar-refractivity contribution >= 4 is 11.7 Å². The highest BCUT2D eigenvalue weighted by molar-refractivity contribution is 5.76. The van der Waals surface area contributed by atoms with Crippen molar-refractivity contribution in [1.82, 2.24) is 15.1 Å². The Morgan fingerprint density at radius 3 is 2.78 bits per heavy atom. The lowest BCUT2D eigenvalue weighted by molar-refractivity contribution is 0.239. The van der Waals surface area contributed by atoms with Crippen molar-refractivity contribution in [3.05, 3.63) is 34.9 Å². The van der Waals surface area contributed by atoms with Crippen LogP contribution in [0.4, 0.5) is 10.5 Å². The molecule has 8 nitrogen and oxygen atoms in total. The van der Waals surface area contributed by atoms with E-state index in [1.54, 1.807) is 32.0 Å². The minimum atomic E-state index is -0.324. The fraction of sp³-hybridized carbons (Fsp3) is 0.333. The molecule has 0 saturated carbocycles. The number of ether oxygens (including phenoxy) is 2. The molecule has 1 aromatic heterocycles. The molecule has 0 aliphatic carbocycles. The van der Waals surface area contributed by atoms with Crippen LogP contribution in [0.5, 0.6) is 17.4 Å². The maximum absolute atomic E-state index is 11.8. The summed E-state index contributed by atoms with van der Waals surface area (Å²) in [5.41, 5.74) is 0.838. The van der Waals surface area contributed by atoms with E-state index in [9.17, 15) is 9.70 Å². The third-order valence-electron chi connectivity index (χ3n) is 2.94. The molecule has 122 valence electrons. The SMILES string of the molecule is CCNC(=O)n1nc(Oc2ccc(N=O)c(OCC)c2)cc1C. The standard InChI is InChI=1S/C15H18N4O4/c1-4-16-15(20)19-10(3)8-14(17-19)23-11-6-7-12(18-21)13(9-11)22-5-2/h6-9H,4-5H2,1-3H3,(H,16,20). The van der Waals surface area contributed by atoms with Crippen molar-refractivity contribution in [3.63, 3.8) is 0 Å². The summed E-state index contributed by atoms with van der Waals surface area (Å²) in [6, 6.07) is 5.96. The van der Waals surface area contributed by atoms with Gasteiger partial charge in [-0.15, -0.1) is 10.0 Å². The Morgan fingerprint density at radius 1 is 1.35 bits per heavy atom. The summed E-state index contributed by atoms with van der Waals surface area (Å²) in [4.78, 5) is 22.5. The zero-order valence-corrected chi connectivity index (χ0v) is 13.2. The number of nitroso groups, excluding NO2 is 1. The second-order valence-electron chi connectivity index (χ2n) is 4.63. The summed E-state index contributed by atoms with van der Waals surface area (Å²) in [6.07, 6.45) is 0. The summed E-state index contributed by atoms with van der Waals surface area (Å²) in [7, 11) is 0. The number of aryl methyl sites for hydroxylation is 1. The molecule has 0 unspecified atom stereocenters. The largest absolute Gasteiger partial charge is 0.491 e. The van der Waals surface area contributed by atoms with Crippen LogP contribution in [0.1, 0.15) is 19.5 Å². The quantitative estimate of drug-likeness (QED) is 0.824. The first kappa shape index (κ1) is 16.5. The molecule has 2 aromatic rings. The van der Waals surface area contributed by atoms with Crippen molar-refractivity contribution in [2.45, 2.75) is 20.8 Å². The number of benzene rings is 1. The van der Waals surface area contributed by atoms with E-state index in [1.807, 2.05) is 6.92 Å². The van der Waals surface area contributed by atoms with Gasteiger partial charge in [0.2, 0.25) is 5.88 Å². The number of carbonyl (C=O) groups excluding carboxylic acids is 1. The van der Waals surface area contributed by atoms with Gasteiger partial charge in [0.25, 0.3) is 0 Å². The highest BCUT2D eigenvalue weighted by atomic mass is 16.5. The molecule has 1 N–H and O–H groups in total. The number of hydrogen-bond donors (Lipinski definition) is 1. The summed E-state index contributed by atoms with van der Waals surface area (Å²) in [5.74, 6) is 1.03. The van der Waals surface area contributed by atoms with Crippen LogP contribution >= 0.6 is 0 Å². The summed E-state index contributed by atoms with van der Waals surface area (Å²) < 4.78 is 12.2. The van der Waals surface area contributed by atoms with E-state index in [-0.39, 0.29) is 17.6 Å². The minimum Gasteiger partial charge on any atom is -0.491 e. The van der Waals surface area contributed by atoms with Gasteiger partial charge in [0.15, 0.2) is 5.75 Å². The van der Waals surface area contributed by atoms with Gasteiger partial charge in [-0.1, -0.05) is 0 Å². The minimum absolute atomic E-state index is 0.197. The van der Waals surface area contributed by atoms with Crippen LogP contribution in [0.3, 0.4) is 0 Å². The maximum Gasteiger partial charge on any atom is 0.342 e. The highest BCUT2D eigenvalue weighted by Crippen LogP contribution is 2.33.